The lowest BCUT2D eigenvalue weighted by Crippen LogP contribution is -2.32. The third-order valence-corrected chi connectivity index (χ3v) is 4.97. The summed E-state index contributed by atoms with van der Waals surface area (Å²) < 4.78 is 38.8. The largest absolute Gasteiger partial charge is 0.416 e. The fourth-order valence-corrected chi connectivity index (χ4v) is 3.40. The van der Waals surface area contributed by atoms with Crippen molar-refractivity contribution in [2.45, 2.75) is 26.1 Å². The molecule has 0 bridgehead atoms. The van der Waals surface area contributed by atoms with Crippen molar-refractivity contribution in [1.29, 1.82) is 0 Å². The number of carbonyl (C=O) groups is 3. The van der Waals surface area contributed by atoms with Crippen molar-refractivity contribution < 1.29 is 27.6 Å². The van der Waals surface area contributed by atoms with E-state index in [4.69, 9.17) is 0 Å². The number of hydrogen-bond donors (Lipinski definition) is 2. The van der Waals surface area contributed by atoms with E-state index >= 15 is 0 Å². The Morgan fingerprint density at radius 3 is 2.55 bits per heavy atom. The Balaban J connectivity index is 1.62. The van der Waals surface area contributed by atoms with Crippen molar-refractivity contribution in [3.05, 3.63) is 65.2 Å². The van der Waals surface area contributed by atoms with Gasteiger partial charge in [0, 0.05) is 37.3 Å². The van der Waals surface area contributed by atoms with Crippen molar-refractivity contribution in [3.63, 3.8) is 0 Å². The zero-order chi connectivity index (χ0) is 22.6. The fraction of sp³-hybridized carbons (Fsp3) is 0.318. The molecule has 1 atom stereocenters. The van der Waals surface area contributed by atoms with E-state index in [0.29, 0.717) is 12.1 Å². The lowest BCUT2D eigenvalue weighted by atomic mass is 10.1. The summed E-state index contributed by atoms with van der Waals surface area (Å²) in [5.41, 5.74) is 0.457. The highest BCUT2D eigenvalue weighted by atomic mass is 19.4. The van der Waals surface area contributed by atoms with Crippen LogP contribution >= 0.6 is 0 Å². The number of nitrogens with zero attached hydrogens (tertiary/aromatic N) is 1. The fourth-order valence-electron chi connectivity index (χ4n) is 3.40. The van der Waals surface area contributed by atoms with Crippen LogP contribution in [0.25, 0.3) is 0 Å². The average molecular weight is 433 g/mol. The molecule has 0 aromatic heterocycles. The molecule has 0 saturated carbocycles. The molecule has 164 valence electrons. The minimum absolute atomic E-state index is 0.00488. The molecule has 1 saturated heterocycles. The van der Waals surface area contributed by atoms with Gasteiger partial charge < -0.3 is 15.5 Å². The molecule has 1 aliphatic heterocycles. The standard InChI is InChI=1S/C22H22F3N3O3/c1-2-26-20(30)15-6-3-5-14(9-15)12-27-21(31)16-10-19(29)28(13-16)18-8-4-7-17(11-18)22(23,24)25/h3-9,11,16H,2,10,12-13H2,1H3,(H,26,30)(H,27,31). The third kappa shape index (κ3) is 5.42. The molecule has 2 N–H and O–H groups in total. The van der Waals surface area contributed by atoms with Crippen LogP contribution in [0.4, 0.5) is 18.9 Å². The summed E-state index contributed by atoms with van der Waals surface area (Å²) in [6.45, 7) is 2.48. The van der Waals surface area contributed by atoms with E-state index in [1.165, 1.54) is 17.0 Å². The van der Waals surface area contributed by atoms with Crippen molar-refractivity contribution in [3.8, 4) is 0 Å². The number of carbonyl (C=O) groups excluding carboxylic acids is 3. The summed E-state index contributed by atoms with van der Waals surface area (Å²) in [6.07, 6.45) is -4.60. The van der Waals surface area contributed by atoms with Crippen LogP contribution in [0.15, 0.2) is 48.5 Å². The van der Waals surface area contributed by atoms with Gasteiger partial charge in [-0.05, 0) is 42.8 Å². The van der Waals surface area contributed by atoms with Gasteiger partial charge in [-0.15, -0.1) is 0 Å². The number of anilines is 1. The molecular formula is C22H22F3N3O3. The van der Waals surface area contributed by atoms with Crippen molar-refractivity contribution in [2.75, 3.05) is 18.0 Å². The SMILES string of the molecule is CCNC(=O)c1cccc(CNC(=O)C2CC(=O)N(c3cccc(C(F)(F)F)c3)C2)c1. The molecule has 3 rings (SSSR count). The number of amides is 3. The van der Waals surface area contributed by atoms with E-state index in [1.807, 2.05) is 6.92 Å². The Labute approximate surface area is 177 Å². The molecule has 0 spiro atoms. The maximum atomic E-state index is 12.9. The summed E-state index contributed by atoms with van der Waals surface area (Å²) in [6, 6.07) is 11.3. The van der Waals surface area contributed by atoms with Crippen LogP contribution in [0.2, 0.25) is 0 Å². The lowest BCUT2D eigenvalue weighted by Gasteiger charge is -2.18. The minimum atomic E-state index is -4.52. The minimum Gasteiger partial charge on any atom is -0.352 e. The van der Waals surface area contributed by atoms with Gasteiger partial charge in [-0.1, -0.05) is 18.2 Å². The Kier molecular flexibility index (Phi) is 6.62. The summed E-state index contributed by atoms with van der Waals surface area (Å²) in [4.78, 5) is 38.0. The van der Waals surface area contributed by atoms with Gasteiger partial charge in [0.1, 0.15) is 0 Å². The van der Waals surface area contributed by atoms with Crippen LogP contribution < -0.4 is 15.5 Å². The first-order valence-corrected chi connectivity index (χ1v) is 9.81. The quantitative estimate of drug-likeness (QED) is 0.735. The van der Waals surface area contributed by atoms with Gasteiger partial charge in [0.15, 0.2) is 0 Å². The molecule has 3 amide bonds. The van der Waals surface area contributed by atoms with Gasteiger partial charge in [0.05, 0.1) is 11.5 Å². The van der Waals surface area contributed by atoms with Crippen LogP contribution in [0.3, 0.4) is 0 Å². The van der Waals surface area contributed by atoms with E-state index in [1.54, 1.807) is 24.3 Å². The van der Waals surface area contributed by atoms with Crippen LogP contribution in [0, 0.1) is 5.92 Å². The smallest absolute Gasteiger partial charge is 0.352 e. The van der Waals surface area contributed by atoms with Crippen molar-refractivity contribution in [1.82, 2.24) is 10.6 Å². The highest BCUT2D eigenvalue weighted by Gasteiger charge is 2.36. The molecule has 1 unspecified atom stereocenters. The maximum Gasteiger partial charge on any atom is 0.416 e. The van der Waals surface area contributed by atoms with E-state index in [9.17, 15) is 27.6 Å². The monoisotopic (exact) mass is 433 g/mol. The molecular weight excluding hydrogens is 411 g/mol. The summed E-state index contributed by atoms with van der Waals surface area (Å²) in [5, 5.41) is 5.44. The molecule has 1 aliphatic rings. The number of halogens is 3. The Bertz CT molecular complexity index is 991. The number of benzene rings is 2. The summed E-state index contributed by atoms with van der Waals surface area (Å²) >= 11 is 0. The zero-order valence-electron chi connectivity index (χ0n) is 16.8. The second kappa shape index (κ2) is 9.20. The summed E-state index contributed by atoms with van der Waals surface area (Å²) in [5.74, 6) is -1.66. The third-order valence-electron chi connectivity index (χ3n) is 4.97. The molecule has 0 radical (unpaired) electrons. The zero-order valence-corrected chi connectivity index (χ0v) is 16.8. The molecule has 2 aromatic rings. The Hall–Kier alpha value is -3.36. The van der Waals surface area contributed by atoms with Crippen LogP contribution in [0.5, 0.6) is 0 Å². The van der Waals surface area contributed by atoms with Crippen molar-refractivity contribution >= 4 is 23.4 Å². The Morgan fingerprint density at radius 2 is 1.84 bits per heavy atom. The maximum absolute atomic E-state index is 12.9. The molecule has 9 heteroatoms. The van der Waals surface area contributed by atoms with E-state index in [0.717, 1.165) is 17.7 Å². The first kappa shape index (κ1) is 22.3. The normalized spacial score (nSPS) is 16.3. The first-order valence-electron chi connectivity index (χ1n) is 9.81. The lowest BCUT2D eigenvalue weighted by molar-refractivity contribution is -0.137. The first-order chi connectivity index (χ1) is 14.7. The second-order valence-corrected chi connectivity index (χ2v) is 7.23. The number of nitrogens with one attached hydrogen (secondary N) is 2. The molecule has 2 aromatic carbocycles. The van der Waals surface area contributed by atoms with Gasteiger partial charge in [-0.3, -0.25) is 14.4 Å². The predicted molar refractivity (Wildman–Crippen MR) is 108 cm³/mol. The van der Waals surface area contributed by atoms with Crippen LogP contribution in [0.1, 0.15) is 34.8 Å². The molecule has 1 fully saturated rings. The summed E-state index contributed by atoms with van der Waals surface area (Å²) in [7, 11) is 0. The highest BCUT2D eigenvalue weighted by Crippen LogP contribution is 2.33. The topological polar surface area (TPSA) is 78.5 Å². The van der Waals surface area contributed by atoms with Gasteiger partial charge in [0.2, 0.25) is 11.8 Å². The van der Waals surface area contributed by atoms with Crippen molar-refractivity contribution in [2.24, 2.45) is 5.92 Å². The molecule has 1 heterocycles. The van der Waals surface area contributed by atoms with Crippen LogP contribution in [-0.4, -0.2) is 30.8 Å². The van der Waals surface area contributed by atoms with Gasteiger partial charge >= 0.3 is 6.18 Å². The van der Waals surface area contributed by atoms with E-state index in [2.05, 4.69) is 10.6 Å². The predicted octanol–water partition coefficient (Wildman–Crippen LogP) is 3.12. The molecule has 0 aliphatic carbocycles. The highest BCUT2D eigenvalue weighted by molar-refractivity contribution is 6.00. The number of hydrogen-bond acceptors (Lipinski definition) is 3. The number of rotatable bonds is 6. The number of alkyl halides is 3. The van der Waals surface area contributed by atoms with E-state index < -0.39 is 23.6 Å². The molecule has 31 heavy (non-hydrogen) atoms. The Morgan fingerprint density at radius 1 is 1.10 bits per heavy atom. The van der Waals surface area contributed by atoms with Gasteiger partial charge in [-0.25, -0.2) is 0 Å². The second-order valence-electron chi connectivity index (χ2n) is 7.23. The van der Waals surface area contributed by atoms with E-state index in [-0.39, 0.29) is 37.0 Å². The molecule has 6 nitrogen and oxygen atoms in total. The average Bonchev–Trinajstić information content (AvgIpc) is 3.13. The van der Waals surface area contributed by atoms with Gasteiger partial charge in [-0.2, -0.15) is 13.2 Å². The van der Waals surface area contributed by atoms with Gasteiger partial charge in [0.25, 0.3) is 5.91 Å². The van der Waals surface area contributed by atoms with Crippen LogP contribution in [-0.2, 0) is 22.3 Å².